The highest BCUT2D eigenvalue weighted by atomic mass is 32.2. The lowest BCUT2D eigenvalue weighted by atomic mass is 10.1. The number of sulfone groups is 1. The molecule has 0 aliphatic heterocycles. The minimum Gasteiger partial charge on any atom is -0.349 e. The van der Waals surface area contributed by atoms with Crippen LogP contribution < -0.4 is 5.32 Å². The van der Waals surface area contributed by atoms with E-state index in [-0.39, 0.29) is 22.8 Å². The average molecular weight is 413 g/mol. The highest BCUT2D eigenvalue weighted by Gasteiger charge is 2.33. The van der Waals surface area contributed by atoms with E-state index in [9.17, 15) is 18.0 Å². The van der Waals surface area contributed by atoms with Gasteiger partial charge in [0.1, 0.15) is 0 Å². The second-order valence-corrected chi connectivity index (χ2v) is 9.92. The van der Waals surface area contributed by atoms with Gasteiger partial charge in [-0.2, -0.15) is 0 Å². The summed E-state index contributed by atoms with van der Waals surface area (Å²) in [4.78, 5) is 27.2. The first-order valence-electron chi connectivity index (χ1n) is 9.82. The molecule has 152 valence electrons. The molecule has 0 aromatic heterocycles. The SMILES string of the molecule is CS(=O)(=O)c1ccc(C(=O)N(Cc2ccc(C(=O)NC3CC3)cc2)C2CC2)cc1. The maximum atomic E-state index is 13.0. The van der Waals surface area contributed by atoms with Crippen LogP contribution in [0.4, 0.5) is 0 Å². The summed E-state index contributed by atoms with van der Waals surface area (Å²) in [6, 6.07) is 14.0. The number of rotatable bonds is 7. The van der Waals surface area contributed by atoms with E-state index in [1.807, 2.05) is 17.0 Å². The van der Waals surface area contributed by atoms with Gasteiger partial charge in [0.25, 0.3) is 11.8 Å². The largest absolute Gasteiger partial charge is 0.349 e. The van der Waals surface area contributed by atoms with E-state index >= 15 is 0 Å². The molecule has 0 radical (unpaired) electrons. The van der Waals surface area contributed by atoms with Crippen LogP contribution in [0.25, 0.3) is 0 Å². The van der Waals surface area contributed by atoms with Crippen molar-refractivity contribution in [3.63, 3.8) is 0 Å². The predicted molar refractivity (Wildman–Crippen MR) is 109 cm³/mol. The quantitative estimate of drug-likeness (QED) is 0.758. The molecular weight excluding hydrogens is 388 g/mol. The van der Waals surface area contributed by atoms with Crippen LogP contribution in [0.3, 0.4) is 0 Å². The number of carbonyl (C=O) groups excluding carboxylic acids is 2. The Labute approximate surface area is 170 Å². The van der Waals surface area contributed by atoms with E-state index in [2.05, 4.69) is 5.32 Å². The molecule has 2 aromatic rings. The molecule has 0 unspecified atom stereocenters. The summed E-state index contributed by atoms with van der Waals surface area (Å²) in [5.41, 5.74) is 2.06. The molecule has 2 fully saturated rings. The Morgan fingerprint density at radius 1 is 0.931 bits per heavy atom. The van der Waals surface area contributed by atoms with Crippen LogP contribution in [0.1, 0.15) is 52.0 Å². The molecule has 0 atom stereocenters. The van der Waals surface area contributed by atoms with Gasteiger partial charge in [0, 0.05) is 36.0 Å². The van der Waals surface area contributed by atoms with Crippen LogP contribution in [0.15, 0.2) is 53.4 Å². The van der Waals surface area contributed by atoms with Gasteiger partial charge in [-0.15, -0.1) is 0 Å². The fourth-order valence-electron chi connectivity index (χ4n) is 3.22. The average Bonchev–Trinajstić information content (AvgIpc) is 3.60. The molecule has 0 heterocycles. The Balaban J connectivity index is 1.46. The standard InChI is InChI=1S/C22H24N2O4S/c1-29(27,28)20-12-6-17(7-13-20)22(26)24(19-10-11-19)14-15-2-4-16(5-3-15)21(25)23-18-8-9-18/h2-7,12-13,18-19H,8-11,14H2,1H3,(H,23,25). The molecule has 0 bridgehead atoms. The molecule has 29 heavy (non-hydrogen) atoms. The molecule has 2 saturated carbocycles. The van der Waals surface area contributed by atoms with Crippen molar-refractivity contribution in [1.82, 2.24) is 10.2 Å². The van der Waals surface area contributed by atoms with Crippen LogP contribution in [-0.2, 0) is 16.4 Å². The number of hydrogen-bond donors (Lipinski definition) is 1. The van der Waals surface area contributed by atoms with Gasteiger partial charge in [-0.25, -0.2) is 8.42 Å². The molecule has 2 aliphatic rings. The Morgan fingerprint density at radius 3 is 2.03 bits per heavy atom. The zero-order valence-corrected chi connectivity index (χ0v) is 17.1. The maximum Gasteiger partial charge on any atom is 0.254 e. The van der Waals surface area contributed by atoms with Crippen molar-refractivity contribution in [2.24, 2.45) is 0 Å². The fraction of sp³-hybridized carbons (Fsp3) is 0.364. The Morgan fingerprint density at radius 2 is 1.52 bits per heavy atom. The summed E-state index contributed by atoms with van der Waals surface area (Å²) in [5, 5.41) is 2.97. The van der Waals surface area contributed by atoms with Crippen LogP contribution in [0, 0.1) is 0 Å². The molecule has 2 amide bonds. The van der Waals surface area contributed by atoms with Gasteiger partial charge in [0.15, 0.2) is 9.84 Å². The van der Waals surface area contributed by atoms with E-state index in [4.69, 9.17) is 0 Å². The molecule has 1 N–H and O–H groups in total. The number of carbonyl (C=O) groups is 2. The first-order chi connectivity index (χ1) is 13.8. The van der Waals surface area contributed by atoms with Crippen molar-refractivity contribution in [1.29, 1.82) is 0 Å². The lowest BCUT2D eigenvalue weighted by Gasteiger charge is -2.23. The molecule has 2 aromatic carbocycles. The number of nitrogens with zero attached hydrogens (tertiary/aromatic N) is 1. The van der Waals surface area contributed by atoms with Crippen LogP contribution in [0.5, 0.6) is 0 Å². The molecule has 6 nitrogen and oxygen atoms in total. The first-order valence-corrected chi connectivity index (χ1v) is 11.7. The molecule has 2 aliphatic carbocycles. The number of hydrogen-bond acceptors (Lipinski definition) is 4. The lowest BCUT2D eigenvalue weighted by molar-refractivity contribution is 0.0729. The molecular formula is C22H24N2O4S. The van der Waals surface area contributed by atoms with Crippen molar-refractivity contribution in [3.05, 3.63) is 65.2 Å². The second-order valence-electron chi connectivity index (χ2n) is 7.91. The summed E-state index contributed by atoms with van der Waals surface area (Å²) < 4.78 is 23.2. The summed E-state index contributed by atoms with van der Waals surface area (Å²) in [7, 11) is -3.29. The smallest absolute Gasteiger partial charge is 0.254 e. The minimum absolute atomic E-state index is 0.0554. The van der Waals surface area contributed by atoms with E-state index in [0.29, 0.717) is 23.7 Å². The van der Waals surface area contributed by atoms with Crippen LogP contribution >= 0.6 is 0 Å². The van der Waals surface area contributed by atoms with Gasteiger partial charge in [-0.05, 0) is 67.6 Å². The molecule has 0 saturated heterocycles. The van der Waals surface area contributed by atoms with Crippen LogP contribution in [0.2, 0.25) is 0 Å². The monoisotopic (exact) mass is 412 g/mol. The van der Waals surface area contributed by atoms with Crippen LogP contribution in [-0.4, -0.2) is 43.5 Å². The van der Waals surface area contributed by atoms with Crippen molar-refractivity contribution in [3.8, 4) is 0 Å². The highest BCUT2D eigenvalue weighted by Crippen LogP contribution is 2.30. The normalized spacial score (nSPS) is 16.3. The second kappa shape index (κ2) is 7.63. The number of nitrogens with one attached hydrogen (secondary N) is 1. The van der Waals surface area contributed by atoms with Gasteiger partial charge < -0.3 is 10.2 Å². The van der Waals surface area contributed by atoms with Crippen molar-refractivity contribution in [2.75, 3.05) is 6.26 Å². The fourth-order valence-corrected chi connectivity index (χ4v) is 3.85. The molecule has 7 heteroatoms. The minimum atomic E-state index is -3.29. The van der Waals surface area contributed by atoms with Crippen molar-refractivity contribution in [2.45, 2.75) is 49.2 Å². The van der Waals surface area contributed by atoms with E-state index in [1.54, 1.807) is 24.3 Å². The highest BCUT2D eigenvalue weighted by molar-refractivity contribution is 7.90. The third-order valence-electron chi connectivity index (χ3n) is 5.26. The third kappa shape index (κ3) is 4.85. The van der Waals surface area contributed by atoms with Gasteiger partial charge in [0.05, 0.1) is 4.90 Å². The Bertz CT molecular complexity index is 1020. The van der Waals surface area contributed by atoms with Crippen molar-refractivity contribution < 1.29 is 18.0 Å². The zero-order chi connectivity index (χ0) is 20.6. The lowest BCUT2D eigenvalue weighted by Crippen LogP contribution is -2.32. The third-order valence-corrected chi connectivity index (χ3v) is 6.39. The summed E-state index contributed by atoms with van der Waals surface area (Å²) in [5.74, 6) is -0.164. The molecule has 0 spiro atoms. The Hall–Kier alpha value is -2.67. The van der Waals surface area contributed by atoms with E-state index < -0.39 is 9.84 Å². The van der Waals surface area contributed by atoms with Crippen molar-refractivity contribution >= 4 is 21.7 Å². The van der Waals surface area contributed by atoms with Gasteiger partial charge in [-0.1, -0.05) is 12.1 Å². The summed E-state index contributed by atoms with van der Waals surface area (Å²) in [6.45, 7) is 0.460. The number of benzene rings is 2. The van der Waals surface area contributed by atoms with Gasteiger partial charge in [-0.3, -0.25) is 9.59 Å². The van der Waals surface area contributed by atoms with E-state index in [1.165, 1.54) is 12.1 Å². The summed E-state index contributed by atoms with van der Waals surface area (Å²) >= 11 is 0. The Kier molecular flexibility index (Phi) is 5.17. The summed E-state index contributed by atoms with van der Waals surface area (Å²) in [6.07, 6.45) is 5.18. The first kappa shape index (κ1) is 19.6. The van der Waals surface area contributed by atoms with Gasteiger partial charge >= 0.3 is 0 Å². The topological polar surface area (TPSA) is 83.6 Å². The maximum absolute atomic E-state index is 13.0. The van der Waals surface area contributed by atoms with Gasteiger partial charge in [0.2, 0.25) is 0 Å². The van der Waals surface area contributed by atoms with E-state index in [0.717, 1.165) is 37.5 Å². The zero-order valence-electron chi connectivity index (χ0n) is 16.3. The number of amides is 2. The predicted octanol–water partition coefficient (Wildman–Crippen LogP) is 2.79. The molecule has 4 rings (SSSR count).